The summed E-state index contributed by atoms with van der Waals surface area (Å²) in [5, 5.41) is 28.5. The molecule has 0 atom stereocenters. The predicted molar refractivity (Wildman–Crippen MR) is 102 cm³/mol. The summed E-state index contributed by atoms with van der Waals surface area (Å²) in [7, 11) is 0. The molecule has 0 aliphatic heterocycles. The minimum Gasteiger partial charge on any atom is -0.510 e. The largest absolute Gasteiger partial charge is 0.510 e. The van der Waals surface area contributed by atoms with Gasteiger partial charge in [0.1, 0.15) is 28.2 Å². The van der Waals surface area contributed by atoms with E-state index >= 15 is 0 Å². The molecule has 0 bridgehead atoms. The van der Waals surface area contributed by atoms with Crippen molar-refractivity contribution in [2.24, 2.45) is 0 Å². The van der Waals surface area contributed by atoms with Crippen LogP contribution in [0.25, 0.3) is 27.2 Å². The molecule has 4 rings (SSSR count). The van der Waals surface area contributed by atoms with Gasteiger partial charge in [-0.25, -0.2) is 4.98 Å². The highest BCUT2D eigenvalue weighted by Crippen LogP contribution is 2.31. The summed E-state index contributed by atoms with van der Waals surface area (Å²) in [6, 6.07) is 11.4. The van der Waals surface area contributed by atoms with Gasteiger partial charge < -0.3 is 13.9 Å². The molecule has 0 fully saturated rings. The van der Waals surface area contributed by atoms with Crippen LogP contribution in [-0.2, 0) is 0 Å². The van der Waals surface area contributed by atoms with Gasteiger partial charge in [0.15, 0.2) is 0 Å². The van der Waals surface area contributed by atoms with Crippen LogP contribution in [0.2, 0.25) is 0 Å². The molecular weight excluding hydrogens is 384 g/mol. The summed E-state index contributed by atoms with van der Waals surface area (Å²) in [5.41, 5.74) is 1.66. The molecule has 0 aliphatic rings. The molecule has 0 amide bonds. The van der Waals surface area contributed by atoms with Gasteiger partial charge in [-0.15, -0.1) is 21.5 Å². The van der Waals surface area contributed by atoms with Gasteiger partial charge in [0, 0.05) is 0 Å². The highest BCUT2D eigenvalue weighted by Gasteiger charge is 2.17. The Bertz CT molecular complexity index is 1150. The smallest absolute Gasteiger partial charge is 0.277 e. The second kappa shape index (κ2) is 7.26. The van der Waals surface area contributed by atoms with Crippen LogP contribution in [0.4, 0.5) is 0 Å². The van der Waals surface area contributed by atoms with Gasteiger partial charge in [0.05, 0.1) is 27.8 Å². The number of rotatable bonds is 5. The molecule has 0 unspecified atom stereocenters. The van der Waals surface area contributed by atoms with Crippen molar-refractivity contribution in [3.63, 3.8) is 0 Å². The Morgan fingerprint density at radius 2 is 2.15 bits per heavy atom. The molecule has 0 radical (unpaired) electrons. The normalized spacial score (nSPS) is 12.1. The van der Waals surface area contributed by atoms with Crippen molar-refractivity contribution in [2.45, 2.75) is 12.1 Å². The van der Waals surface area contributed by atoms with Gasteiger partial charge >= 0.3 is 0 Å². The van der Waals surface area contributed by atoms with E-state index in [-0.39, 0.29) is 17.1 Å². The topological polar surface area (TPSA) is 109 Å². The third kappa shape index (κ3) is 3.45. The summed E-state index contributed by atoms with van der Waals surface area (Å²) < 4.78 is 11.8. The zero-order valence-corrected chi connectivity index (χ0v) is 15.7. The molecule has 3 aromatic heterocycles. The lowest BCUT2D eigenvalue weighted by Crippen LogP contribution is -1.92. The monoisotopic (exact) mass is 396 g/mol. The fourth-order valence-electron chi connectivity index (χ4n) is 2.40. The Balaban J connectivity index is 1.53. The van der Waals surface area contributed by atoms with E-state index in [1.54, 1.807) is 19.3 Å². The van der Waals surface area contributed by atoms with Crippen LogP contribution in [0.3, 0.4) is 0 Å². The maximum atomic E-state index is 10.4. The lowest BCUT2D eigenvalue weighted by Gasteiger charge is -1.99. The maximum Gasteiger partial charge on any atom is 0.277 e. The van der Waals surface area contributed by atoms with Gasteiger partial charge in [0.2, 0.25) is 0 Å². The van der Waals surface area contributed by atoms with E-state index < -0.39 is 0 Å². The number of fused-ring (bicyclic) bond motifs is 1. The lowest BCUT2D eigenvalue weighted by atomic mass is 10.2. The average molecular weight is 396 g/mol. The fourth-order valence-corrected chi connectivity index (χ4v) is 4.02. The Morgan fingerprint density at radius 1 is 1.30 bits per heavy atom. The number of benzene rings is 1. The number of aliphatic hydroxyl groups excluding tert-OH is 1. The molecule has 9 heteroatoms. The molecule has 1 N–H and O–H groups in total. The van der Waals surface area contributed by atoms with Crippen LogP contribution in [0.15, 0.2) is 56.4 Å². The Labute approximate surface area is 162 Å². The van der Waals surface area contributed by atoms with Crippen LogP contribution >= 0.6 is 23.1 Å². The number of allylic oxidation sites excluding steroid dienone is 1. The first-order chi connectivity index (χ1) is 13.2. The number of nitriles is 1. The molecule has 0 aliphatic carbocycles. The van der Waals surface area contributed by atoms with E-state index in [1.165, 1.54) is 11.3 Å². The van der Waals surface area contributed by atoms with Crippen LogP contribution < -0.4 is 0 Å². The summed E-state index contributed by atoms with van der Waals surface area (Å²) in [6.45, 7) is 1.80. The third-order valence-corrected chi connectivity index (χ3v) is 5.62. The second-order valence-corrected chi connectivity index (χ2v) is 7.43. The number of nitrogens with zero attached hydrogens (tertiary/aromatic N) is 4. The highest BCUT2D eigenvalue weighted by molar-refractivity contribution is 7.99. The molecule has 4 aromatic rings. The van der Waals surface area contributed by atoms with Crippen molar-refractivity contribution >= 4 is 38.9 Å². The van der Waals surface area contributed by atoms with E-state index in [1.807, 2.05) is 30.3 Å². The second-order valence-electron chi connectivity index (χ2n) is 5.47. The minimum absolute atomic E-state index is 0.0826. The summed E-state index contributed by atoms with van der Waals surface area (Å²) >= 11 is 2.51. The highest BCUT2D eigenvalue weighted by atomic mass is 32.2. The van der Waals surface area contributed by atoms with E-state index in [0.717, 1.165) is 27.5 Å². The first-order valence-corrected chi connectivity index (χ1v) is 9.65. The Hall–Kier alpha value is -3.09. The van der Waals surface area contributed by atoms with Crippen molar-refractivity contribution in [1.82, 2.24) is 15.2 Å². The Morgan fingerprint density at radius 3 is 2.89 bits per heavy atom. The van der Waals surface area contributed by atoms with Crippen LogP contribution in [0.5, 0.6) is 0 Å². The predicted octanol–water partition coefficient (Wildman–Crippen LogP) is 4.83. The van der Waals surface area contributed by atoms with Crippen molar-refractivity contribution in [3.8, 4) is 17.5 Å². The van der Waals surface area contributed by atoms with Gasteiger partial charge in [0.25, 0.3) is 11.1 Å². The number of thioether (sulfide) groups is 1. The molecule has 0 saturated heterocycles. The lowest BCUT2D eigenvalue weighted by molar-refractivity contribution is 0.419. The average Bonchev–Trinajstić information content (AvgIpc) is 3.39. The molecule has 0 saturated carbocycles. The number of aliphatic hydroxyl groups is 1. The number of hydrogen-bond donors (Lipinski definition) is 1. The zero-order chi connectivity index (χ0) is 18.8. The minimum atomic E-state index is -0.0826. The van der Waals surface area contributed by atoms with Crippen molar-refractivity contribution < 1.29 is 13.9 Å². The van der Waals surface area contributed by atoms with E-state index in [4.69, 9.17) is 8.83 Å². The zero-order valence-electron chi connectivity index (χ0n) is 14.0. The molecule has 134 valence electrons. The number of aromatic nitrogens is 3. The van der Waals surface area contributed by atoms with Crippen LogP contribution in [-0.4, -0.2) is 26.0 Å². The first kappa shape index (κ1) is 17.3. The SMILES string of the molecule is Cc1occc1-c1nnc(SC/C(O)=C(\C#N)c2nc3ccccc3s2)o1. The number of hydrogen-bond acceptors (Lipinski definition) is 9. The van der Waals surface area contributed by atoms with E-state index in [9.17, 15) is 10.4 Å². The van der Waals surface area contributed by atoms with Crippen molar-refractivity contribution in [3.05, 3.63) is 53.1 Å². The summed E-state index contributed by atoms with van der Waals surface area (Å²) in [6.07, 6.45) is 1.55. The number of thiazole rings is 1. The molecular formula is C18H12N4O3S2. The van der Waals surface area contributed by atoms with Crippen LogP contribution in [0.1, 0.15) is 10.8 Å². The summed E-state index contributed by atoms with van der Waals surface area (Å²) in [4.78, 5) is 4.41. The molecule has 3 heterocycles. The Kier molecular flexibility index (Phi) is 4.66. The number of para-hydroxylation sites is 1. The molecule has 0 spiro atoms. The van der Waals surface area contributed by atoms with Crippen molar-refractivity contribution in [1.29, 1.82) is 5.26 Å². The number of furan rings is 1. The van der Waals surface area contributed by atoms with Crippen molar-refractivity contribution in [2.75, 3.05) is 5.75 Å². The third-order valence-electron chi connectivity index (χ3n) is 3.74. The van der Waals surface area contributed by atoms with E-state index in [0.29, 0.717) is 21.9 Å². The van der Waals surface area contributed by atoms with Gasteiger partial charge in [-0.05, 0) is 25.1 Å². The van der Waals surface area contributed by atoms with Gasteiger partial charge in [-0.3, -0.25) is 0 Å². The van der Waals surface area contributed by atoms with E-state index in [2.05, 4.69) is 15.2 Å². The van der Waals surface area contributed by atoms with Crippen LogP contribution in [0, 0.1) is 18.3 Å². The quantitative estimate of drug-likeness (QED) is 0.290. The number of aryl methyl sites for hydroxylation is 1. The molecule has 1 aromatic carbocycles. The standard InChI is InChI=1S/C18H12N4O3S2/c1-10-11(6-7-24-10)16-21-22-18(25-16)26-9-14(23)12(8-19)17-20-13-4-2-3-5-15(13)27-17/h2-7,23H,9H2,1H3/b14-12-. The molecule has 27 heavy (non-hydrogen) atoms. The van der Waals surface area contributed by atoms with Gasteiger partial charge in [-0.2, -0.15) is 5.26 Å². The maximum absolute atomic E-state index is 10.4. The molecule has 7 nitrogen and oxygen atoms in total. The fraction of sp³-hybridized carbons (Fsp3) is 0.111. The first-order valence-electron chi connectivity index (χ1n) is 7.84. The van der Waals surface area contributed by atoms with Gasteiger partial charge in [-0.1, -0.05) is 23.9 Å². The summed E-state index contributed by atoms with van der Waals surface area (Å²) in [5.74, 6) is 1.06.